The van der Waals surface area contributed by atoms with Crippen LogP contribution in [0.2, 0.25) is 0 Å². The Morgan fingerprint density at radius 2 is 2.00 bits per heavy atom. The van der Waals surface area contributed by atoms with E-state index in [1.165, 1.54) is 10.6 Å². The lowest BCUT2D eigenvalue weighted by Gasteiger charge is -2.22. The number of rotatable bonds is 2. The van der Waals surface area contributed by atoms with Crippen molar-refractivity contribution in [1.29, 1.82) is 0 Å². The van der Waals surface area contributed by atoms with Crippen molar-refractivity contribution in [1.82, 2.24) is 15.2 Å². The number of aryl methyl sites for hydroxylation is 1. The summed E-state index contributed by atoms with van der Waals surface area (Å²) in [6.07, 6.45) is 0.424. The van der Waals surface area contributed by atoms with Crippen molar-refractivity contribution in [2.24, 2.45) is 7.05 Å². The minimum Gasteiger partial charge on any atom is -0.340 e. The summed E-state index contributed by atoms with van der Waals surface area (Å²) in [6.45, 7) is 0. The largest absolute Gasteiger partial charge is 0.340 e. The Balaban J connectivity index is 1.96. The molecule has 0 bridgehead atoms. The number of piperidine rings is 1. The number of carbonyl (C=O) groups excluding carboxylic acids is 3. The van der Waals surface area contributed by atoms with E-state index in [1.807, 2.05) is 0 Å². The first-order chi connectivity index (χ1) is 11.0. The summed E-state index contributed by atoms with van der Waals surface area (Å²) in [5.41, 5.74) is 0.541. The molecule has 1 aromatic heterocycles. The van der Waals surface area contributed by atoms with Gasteiger partial charge in [-0.3, -0.25) is 24.5 Å². The normalized spacial score (nSPS) is 17.9. The molecule has 23 heavy (non-hydrogen) atoms. The summed E-state index contributed by atoms with van der Waals surface area (Å²) < 4.78 is 1.46. The van der Waals surface area contributed by atoms with Crippen molar-refractivity contribution in [3.63, 3.8) is 0 Å². The van der Waals surface area contributed by atoms with Crippen molar-refractivity contribution in [2.45, 2.75) is 18.9 Å². The van der Waals surface area contributed by atoms with Gasteiger partial charge in [-0.25, -0.2) is 0 Å². The summed E-state index contributed by atoms with van der Waals surface area (Å²) in [5, 5.41) is 5.40. The number of aromatic nitrogens is 1. The van der Waals surface area contributed by atoms with Crippen molar-refractivity contribution in [2.75, 3.05) is 0 Å². The molecule has 3 amide bonds. The van der Waals surface area contributed by atoms with Crippen LogP contribution in [-0.4, -0.2) is 28.3 Å². The number of pyridine rings is 1. The Morgan fingerprint density at radius 1 is 1.26 bits per heavy atom. The van der Waals surface area contributed by atoms with Gasteiger partial charge in [0.1, 0.15) is 6.04 Å². The highest BCUT2D eigenvalue weighted by atomic mass is 16.2. The molecule has 0 saturated carbocycles. The maximum atomic E-state index is 12.5. The lowest BCUT2D eigenvalue weighted by atomic mass is 10.0. The van der Waals surface area contributed by atoms with E-state index in [0.29, 0.717) is 10.9 Å². The second kappa shape index (κ2) is 5.68. The van der Waals surface area contributed by atoms with Crippen LogP contribution in [0.15, 0.2) is 35.1 Å². The summed E-state index contributed by atoms with van der Waals surface area (Å²) >= 11 is 0. The Labute approximate surface area is 131 Å². The maximum Gasteiger partial charge on any atom is 0.252 e. The molecule has 7 heteroatoms. The summed E-state index contributed by atoms with van der Waals surface area (Å²) in [7, 11) is 1.63. The van der Waals surface area contributed by atoms with Crippen molar-refractivity contribution >= 4 is 28.6 Å². The lowest BCUT2D eigenvalue weighted by molar-refractivity contribution is -0.134. The zero-order chi connectivity index (χ0) is 16.6. The highest BCUT2D eigenvalue weighted by Crippen LogP contribution is 2.16. The smallest absolute Gasteiger partial charge is 0.252 e. The molecule has 2 N–H and O–H groups in total. The zero-order valence-corrected chi connectivity index (χ0v) is 12.5. The summed E-state index contributed by atoms with van der Waals surface area (Å²) in [5.74, 6) is -1.38. The number of nitrogens with zero attached hydrogens (tertiary/aromatic N) is 1. The third-order valence-corrected chi connectivity index (χ3v) is 3.94. The fraction of sp³-hybridized carbons (Fsp3) is 0.250. The van der Waals surface area contributed by atoms with Gasteiger partial charge >= 0.3 is 0 Å². The van der Waals surface area contributed by atoms with Crippen LogP contribution in [0.4, 0.5) is 0 Å². The molecule has 1 saturated heterocycles. The second-order valence-electron chi connectivity index (χ2n) is 5.45. The molecular formula is C16H15N3O4. The zero-order valence-electron chi connectivity index (χ0n) is 12.5. The molecule has 0 radical (unpaired) electrons. The minimum atomic E-state index is -0.775. The first-order valence-electron chi connectivity index (χ1n) is 7.20. The number of para-hydroxylation sites is 1. The van der Waals surface area contributed by atoms with Gasteiger partial charge in [-0.05, 0) is 12.5 Å². The van der Waals surface area contributed by atoms with Gasteiger partial charge in [-0.2, -0.15) is 0 Å². The third-order valence-electron chi connectivity index (χ3n) is 3.94. The third kappa shape index (κ3) is 2.73. The average Bonchev–Trinajstić information content (AvgIpc) is 2.53. The van der Waals surface area contributed by atoms with Gasteiger partial charge in [-0.1, -0.05) is 18.2 Å². The van der Waals surface area contributed by atoms with Crippen LogP contribution in [0.5, 0.6) is 0 Å². The molecule has 0 spiro atoms. The molecule has 1 atom stereocenters. The fourth-order valence-electron chi connectivity index (χ4n) is 2.67. The minimum absolute atomic E-state index is 0.175. The van der Waals surface area contributed by atoms with Crippen LogP contribution in [0.1, 0.15) is 23.2 Å². The van der Waals surface area contributed by atoms with Gasteiger partial charge < -0.3 is 9.88 Å². The van der Waals surface area contributed by atoms with Gasteiger partial charge in [0, 0.05) is 24.9 Å². The topological polar surface area (TPSA) is 97.3 Å². The van der Waals surface area contributed by atoms with Gasteiger partial charge in [0.2, 0.25) is 11.8 Å². The number of benzene rings is 1. The van der Waals surface area contributed by atoms with E-state index in [2.05, 4.69) is 10.6 Å². The molecular weight excluding hydrogens is 298 g/mol. The standard InChI is InChI=1S/C16H15N3O4/c1-19-12-5-3-2-4-9(12)10(8-14(19)21)15(22)17-11-6-7-13(20)18-16(11)23/h2-5,8,11H,6-7H2,1H3,(H,17,22)(H,18,20,23). The highest BCUT2D eigenvalue weighted by molar-refractivity contribution is 6.08. The van der Waals surface area contributed by atoms with Crippen LogP contribution in [-0.2, 0) is 16.6 Å². The van der Waals surface area contributed by atoms with Gasteiger partial charge in [0.15, 0.2) is 0 Å². The fourth-order valence-corrected chi connectivity index (χ4v) is 2.67. The van der Waals surface area contributed by atoms with Crippen LogP contribution >= 0.6 is 0 Å². The lowest BCUT2D eigenvalue weighted by Crippen LogP contribution is -2.52. The highest BCUT2D eigenvalue weighted by Gasteiger charge is 2.28. The number of nitrogens with one attached hydrogen (secondary N) is 2. The molecule has 2 heterocycles. The van der Waals surface area contributed by atoms with Gasteiger partial charge in [0.25, 0.3) is 11.5 Å². The van der Waals surface area contributed by atoms with E-state index in [1.54, 1.807) is 31.3 Å². The molecule has 1 fully saturated rings. The maximum absolute atomic E-state index is 12.5. The number of fused-ring (bicyclic) bond motifs is 1. The molecule has 0 aliphatic carbocycles. The van der Waals surface area contributed by atoms with E-state index < -0.39 is 17.9 Å². The monoisotopic (exact) mass is 313 g/mol. The molecule has 7 nitrogen and oxygen atoms in total. The van der Waals surface area contributed by atoms with Crippen LogP contribution in [0, 0.1) is 0 Å². The Hall–Kier alpha value is -2.96. The van der Waals surface area contributed by atoms with E-state index in [9.17, 15) is 19.2 Å². The summed E-state index contributed by atoms with van der Waals surface area (Å²) in [6, 6.07) is 7.53. The van der Waals surface area contributed by atoms with Gasteiger partial charge in [0.05, 0.1) is 11.1 Å². The molecule has 2 aromatic rings. The number of hydrogen-bond donors (Lipinski definition) is 2. The SMILES string of the molecule is Cn1c(=O)cc(C(=O)NC2CCC(=O)NC2=O)c2ccccc21. The quantitative estimate of drug-likeness (QED) is 0.767. The number of amides is 3. The molecule has 1 aliphatic rings. The van der Waals surface area contributed by atoms with Crippen molar-refractivity contribution < 1.29 is 14.4 Å². The Kier molecular flexibility index (Phi) is 3.69. The molecule has 1 aliphatic heterocycles. The van der Waals surface area contributed by atoms with Crippen molar-refractivity contribution in [3.8, 4) is 0 Å². The van der Waals surface area contributed by atoms with E-state index >= 15 is 0 Å². The molecule has 3 rings (SSSR count). The van der Waals surface area contributed by atoms with Crippen LogP contribution in [0.25, 0.3) is 10.9 Å². The number of imide groups is 1. The molecule has 118 valence electrons. The van der Waals surface area contributed by atoms with Gasteiger partial charge in [-0.15, -0.1) is 0 Å². The Morgan fingerprint density at radius 3 is 2.74 bits per heavy atom. The predicted molar refractivity (Wildman–Crippen MR) is 82.8 cm³/mol. The molecule has 1 aromatic carbocycles. The Bertz CT molecular complexity index is 885. The first-order valence-corrected chi connectivity index (χ1v) is 7.20. The van der Waals surface area contributed by atoms with E-state index in [-0.39, 0.29) is 29.9 Å². The van der Waals surface area contributed by atoms with Crippen LogP contribution < -0.4 is 16.2 Å². The average molecular weight is 313 g/mol. The molecule has 1 unspecified atom stereocenters. The van der Waals surface area contributed by atoms with Crippen molar-refractivity contribution in [3.05, 3.63) is 46.2 Å². The van der Waals surface area contributed by atoms with E-state index in [0.717, 1.165) is 0 Å². The number of carbonyl (C=O) groups is 3. The first kappa shape index (κ1) is 15.0. The number of hydrogen-bond acceptors (Lipinski definition) is 4. The van der Waals surface area contributed by atoms with Crippen LogP contribution in [0.3, 0.4) is 0 Å². The second-order valence-corrected chi connectivity index (χ2v) is 5.45. The van der Waals surface area contributed by atoms with E-state index in [4.69, 9.17) is 0 Å². The summed E-state index contributed by atoms with van der Waals surface area (Å²) in [4.78, 5) is 47.4. The predicted octanol–water partition coefficient (Wildman–Crippen LogP) is 0.0735.